The van der Waals surface area contributed by atoms with E-state index in [-0.39, 0.29) is 23.6 Å². The Morgan fingerprint density at radius 1 is 1.09 bits per heavy atom. The van der Waals surface area contributed by atoms with E-state index in [2.05, 4.69) is 25.6 Å². The number of carbonyl (C=O) groups is 1. The summed E-state index contributed by atoms with van der Waals surface area (Å²) in [6.45, 7) is 1.97. The number of methoxy groups -OCH3 is 1. The molecule has 2 aromatic heterocycles. The van der Waals surface area contributed by atoms with Crippen LogP contribution in [0.4, 0.5) is 17.3 Å². The molecule has 1 saturated carbocycles. The summed E-state index contributed by atoms with van der Waals surface area (Å²) in [5.41, 5.74) is 3.89. The van der Waals surface area contributed by atoms with E-state index in [9.17, 15) is 9.59 Å². The highest BCUT2D eigenvalue weighted by atomic mass is 16.5. The molecule has 1 aliphatic carbocycles. The van der Waals surface area contributed by atoms with E-state index < -0.39 is 0 Å². The Kier molecular flexibility index (Phi) is 6.22. The van der Waals surface area contributed by atoms with Crippen LogP contribution >= 0.6 is 0 Å². The highest BCUT2D eigenvalue weighted by molar-refractivity contribution is 5.93. The predicted octanol–water partition coefficient (Wildman–Crippen LogP) is 4.55. The van der Waals surface area contributed by atoms with Crippen LogP contribution in [0.3, 0.4) is 0 Å². The van der Waals surface area contributed by atoms with Crippen LogP contribution in [-0.2, 0) is 4.79 Å². The average Bonchev–Trinajstić information content (AvgIpc) is 3.22. The smallest absolute Gasteiger partial charge is 0.326 e. The van der Waals surface area contributed by atoms with E-state index in [0.29, 0.717) is 18.8 Å². The molecule has 0 saturated heterocycles. The van der Waals surface area contributed by atoms with Gasteiger partial charge in [-0.05, 0) is 62.4 Å². The van der Waals surface area contributed by atoms with Crippen LogP contribution in [0.15, 0.2) is 59.7 Å². The summed E-state index contributed by atoms with van der Waals surface area (Å²) in [5.74, 6) is 1.13. The van der Waals surface area contributed by atoms with Crippen molar-refractivity contribution in [2.45, 2.75) is 38.6 Å². The number of aromatic nitrogens is 4. The third-order valence-corrected chi connectivity index (χ3v) is 6.67. The molecule has 2 heterocycles. The van der Waals surface area contributed by atoms with Crippen molar-refractivity contribution in [1.82, 2.24) is 19.5 Å². The molecule has 180 valence electrons. The van der Waals surface area contributed by atoms with Gasteiger partial charge in [-0.1, -0.05) is 12.1 Å². The number of hydrogen-bond acceptors (Lipinski definition) is 6. The normalized spacial score (nSPS) is 17.8. The molecule has 4 aromatic rings. The van der Waals surface area contributed by atoms with Crippen LogP contribution in [-0.4, -0.2) is 32.5 Å². The molecule has 1 fully saturated rings. The lowest BCUT2D eigenvalue weighted by Crippen LogP contribution is -2.31. The van der Waals surface area contributed by atoms with Gasteiger partial charge in [0.25, 0.3) is 0 Å². The van der Waals surface area contributed by atoms with E-state index in [1.807, 2.05) is 47.9 Å². The maximum absolute atomic E-state index is 12.9. The van der Waals surface area contributed by atoms with Gasteiger partial charge in [0.15, 0.2) is 0 Å². The highest BCUT2D eigenvalue weighted by Crippen LogP contribution is 2.35. The van der Waals surface area contributed by atoms with Crippen LogP contribution in [0.5, 0.6) is 5.75 Å². The first kappa shape index (κ1) is 22.6. The van der Waals surface area contributed by atoms with Crippen molar-refractivity contribution in [3.8, 4) is 5.75 Å². The zero-order valence-corrected chi connectivity index (χ0v) is 19.7. The fourth-order valence-corrected chi connectivity index (χ4v) is 4.84. The summed E-state index contributed by atoms with van der Waals surface area (Å²) in [5, 5.41) is 6.20. The molecule has 0 bridgehead atoms. The van der Waals surface area contributed by atoms with Crippen molar-refractivity contribution in [3.05, 3.63) is 70.9 Å². The van der Waals surface area contributed by atoms with Gasteiger partial charge in [-0.15, -0.1) is 0 Å². The number of H-pyrrole nitrogens is 1. The van der Waals surface area contributed by atoms with Gasteiger partial charge in [0.05, 0.1) is 23.8 Å². The maximum Gasteiger partial charge on any atom is 0.326 e. The molecule has 0 spiro atoms. The molecule has 0 atom stereocenters. The van der Waals surface area contributed by atoms with Gasteiger partial charge in [-0.2, -0.15) is 0 Å². The minimum Gasteiger partial charge on any atom is -0.496 e. The standard InChI is InChI=1S/C26H28N6O3/c1-16-7-10-18(15-22(16)35-2)29-24(33)17-8-11-19(12-9-17)32-21-6-3-5-20(23(21)31-26(32)34)30-25-27-13-4-14-28-25/h3-7,10,13-15,17,19H,8-9,11-12H2,1-2H3,(H,29,33)(H,31,34)(H,27,28,30)/t17-,19+. The van der Waals surface area contributed by atoms with Gasteiger partial charge in [0.2, 0.25) is 11.9 Å². The second-order valence-electron chi connectivity index (χ2n) is 8.88. The van der Waals surface area contributed by atoms with Gasteiger partial charge >= 0.3 is 5.69 Å². The SMILES string of the molecule is COc1cc(NC(=O)[C@H]2CC[C@@H](n3c(=O)[nH]c4c(Nc5ncccn5)cccc43)CC2)ccc1C. The molecular weight excluding hydrogens is 444 g/mol. The van der Waals surface area contributed by atoms with Crippen molar-refractivity contribution in [3.63, 3.8) is 0 Å². The molecule has 3 N–H and O–H groups in total. The molecule has 9 heteroatoms. The molecule has 9 nitrogen and oxygen atoms in total. The van der Waals surface area contributed by atoms with Gasteiger partial charge in [0.1, 0.15) is 5.75 Å². The lowest BCUT2D eigenvalue weighted by atomic mass is 9.85. The number of aryl methyl sites for hydroxylation is 1. The first-order chi connectivity index (χ1) is 17.0. The zero-order chi connectivity index (χ0) is 24.4. The number of rotatable bonds is 6. The number of nitrogens with one attached hydrogen (secondary N) is 3. The van der Waals surface area contributed by atoms with E-state index in [4.69, 9.17) is 4.74 Å². The fourth-order valence-electron chi connectivity index (χ4n) is 4.84. The van der Waals surface area contributed by atoms with Crippen molar-refractivity contribution < 1.29 is 9.53 Å². The Balaban J connectivity index is 1.29. The zero-order valence-electron chi connectivity index (χ0n) is 19.7. The number of ether oxygens (including phenoxy) is 1. The summed E-state index contributed by atoms with van der Waals surface area (Å²) in [4.78, 5) is 37.2. The maximum atomic E-state index is 12.9. The van der Waals surface area contributed by atoms with Gasteiger partial charge in [0, 0.05) is 36.1 Å². The van der Waals surface area contributed by atoms with Gasteiger partial charge in [-0.25, -0.2) is 14.8 Å². The Hall–Kier alpha value is -4.14. The lowest BCUT2D eigenvalue weighted by Gasteiger charge is -2.28. The van der Waals surface area contributed by atoms with Crippen LogP contribution in [0.2, 0.25) is 0 Å². The molecule has 1 aliphatic rings. The molecule has 1 amide bonds. The molecule has 0 aliphatic heterocycles. The van der Waals surface area contributed by atoms with Crippen molar-refractivity contribution >= 4 is 34.3 Å². The molecular formula is C26H28N6O3. The van der Waals surface area contributed by atoms with Crippen molar-refractivity contribution in [2.75, 3.05) is 17.7 Å². The molecule has 2 aromatic carbocycles. The Morgan fingerprint density at radius 3 is 2.60 bits per heavy atom. The van der Waals surface area contributed by atoms with E-state index in [1.165, 1.54) is 0 Å². The summed E-state index contributed by atoms with van der Waals surface area (Å²) in [6, 6.07) is 13.2. The first-order valence-corrected chi connectivity index (χ1v) is 11.8. The number of anilines is 3. The number of para-hydroxylation sites is 1. The van der Waals surface area contributed by atoms with Crippen molar-refractivity contribution in [1.29, 1.82) is 0 Å². The molecule has 0 unspecified atom stereocenters. The number of benzene rings is 2. The Morgan fingerprint density at radius 2 is 1.86 bits per heavy atom. The lowest BCUT2D eigenvalue weighted by molar-refractivity contribution is -0.121. The van der Waals surface area contributed by atoms with Crippen LogP contribution < -0.4 is 21.1 Å². The average molecular weight is 473 g/mol. The summed E-state index contributed by atoms with van der Waals surface area (Å²) in [7, 11) is 1.62. The fraction of sp³-hybridized carbons (Fsp3) is 0.308. The van der Waals surface area contributed by atoms with Gasteiger partial charge in [-0.3, -0.25) is 9.36 Å². The quantitative estimate of drug-likeness (QED) is 0.379. The van der Waals surface area contributed by atoms with E-state index >= 15 is 0 Å². The minimum absolute atomic E-state index is 0.00924. The second-order valence-corrected chi connectivity index (χ2v) is 8.88. The summed E-state index contributed by atoms with van der Waals surface area (Å²) in [6.07, 6.45) is 6.26. The topological polar surface area (TPSA) is 114 Å². The number of carbonyl (C=O) groups excluding carboxylic acids is 1. The minimum atomic E-state index is -0.150. The van der Waals surface area contributed by atoms with Gasteiger partial charge < -0.3 is 20.4 Å². The highest BCUT2D eigenvalue weighted by Gasteiger charge is 2.29. The van der Waals surface area contributed by atoms with Crippen LogP contribution in [0.25, 0.3) is 11.0 Å². The summed E-state index contributed by atoms with van der Waals surface area (Å²) >= 11 is 0. The number of imidazole rings is 1. The number of amides is 1. The molecule has 35 heavy (non-hydrogen) atoms. The third kappa shape index (κ3) is 4.62. The largest absolute Gasteiger partial charge is 0.496 e. The number of fused-ring (bicyclic) bond motifs is 1. The molecule has 0 radical (unpaired) electrons. The number of hydrogen-bond donors (Lipinski definition) is 3. The first-order valence-electron chi connectivity index (χ1n) is 11.8. The van der Waals surface area contributed by atoms with Crippen LogP contribution in [0, 0.1) is 12.8 Å². The predicted molar refractivity (Wildman–Crippen MR) is 135 cm³/mol. The second kappa shape index (κ2) is 9.61. The Bertz CT molecular complexity index is 1400. The van der Waals surface area contributed by atoms with Crippen molar-refractivity contribution in [2.24, 2.45) is 5.92 Å². The third-order valence-electron chi connectivity index (χ3n) is 6.67. The monoisotopic (exact) mass is 472 g/mol. The number of aromatic amines is 1. The van der Waals surface area contributed by atoms with E-state index in [1.54, 1.807) is 25.6 Å². The summed E-state index contributed by atoms with van der Waals surface area (Å²) < 4.78 is 7.18. The Labute approximate surface area is 202 Å². The van der Waals surface area contributed by atoms with Crippen LogP contribution in [0.1, 0.15) is 37.3 Å². The van der Waals surface area contributed by atoms with E-state index in [0.717, 1.165) is 46.6 Å². The molecule has 5 rings (SSSR count). The number of nitrogens with zero attached hydrogens (tertiary/aromatic N) is 3.